The van der Waals surface area contributed by atoms with E-state index in [1.165, 1.54) is 6.07 Å². The number of nitrogens with one attached hydrogen (secondary N) is 1. The molecular formula is C16H19N3O3. The van der Waals surface area contributed by atoms with Crippen molar-refractivity contribution >= 4 is 22.3 Å². The summed E-state index contributed by atoms with van der Waals surface area (Å²) < 4.78 is 5.61. The Balaban J connectivity index is 1.85. The molecule has 1 saturated heterocycles. The predicted octanol–water partition coefficient (Wildman–Crippen LogP) is 3.43. The largest absolute Gasteiger partial charge is 0.384 e. The first-order valence-electron chi connectivity index (χ1n) is 7.55. The van der Waals surface area contributed by atoms with E-state index < -0.39 is 0 Å². The molecule has 1 atom stereocenters. The number of hydrogen-bond acceptors (Lipinski definition) is 5. The van der Waals surface area contributed by atoms with Gasteiger partial charge in [-0.3, -0.25) is 10.1 Å². The lowest BCUT2D eigenvalue weighted by Gasteiger charge is -2.13. The molecule has 0 spiro atoms. The van der Waals surface area contributed by atoms with Crippen molar-refractivity contribution < 1.29 is 9.66 Å². The zero-order chi connectivity index (χ0) is 15.5. The molecule has 2 heterocycles. The molecule has 1 aliphatic heterocycles. The Morgan fingerprint density at radius 3 is 3.09 bits per heavy atom. The molecule has 0 radical (unpaired) electrons. The van der Waals surface area contributed by atoms with Crippen LogP contribution in [-0.2, 0) is 4.74 Å². The third-order valence-electron chi connectivity index (χ3n) is 3.95. The molecule has 22 heavy (non-hydrogen) atoms. The molecule has 6 nitrogen and oxygen atoms in total. The monoisotopic (exact) mass is 301 g/mol. The summed E-state index contributed by atoms with van der Waals surface area (Å²) in [5.74, 6) is 0. The highest BCUT2D eigenvalue weighted by atomic mass is 16.6. The molecule has 0 amide bonds. The standard InChI is InChI=1S/C16H19N3O3/c1-11-10-14(17-8-7-12-4-3-9-22-12)13-5-2-6-15(19(20)21)16(13)18-11/h2,5-6,10,12H,3-4,7-9H2,1H3,(H,17,18). The first-order valence-corrected chi connectivity index (χ1v) is 7.55. The molecule has 1 fully saturated rings. The SMILES string of the molecule is Cc1cc(NCCC2CCCO2)c2cccc([N+](=O)[O-])c2n1. The van der Waals surface area contributed by atoms with Gasteiger partial charge in [0.1, 0.15) is 0 Å². The van der Waals surface area contributed by atoms with Gasteiger partial charge in [-0.2, -0.15) is 0 Å². The van der Waals surface area contributed by atoms with Crippen molar-refractivity contribution in [2.45, 2.75) is 32.3 Å². The average Bonchev–Trinajstić information content (AvgIpc) is 2.99. The normalized spacial score (nSPS) is 17.8. The number of ether oxygens (including phenoxy) is 1. The van der Waals surface area contributed by atoms with Gasteiger partial charge >= 0.3 is 0 Å². The summed E-state index contributed by atoms with van der Waals surface area (Å²) in [5, 5.41) is 15.3. The predicted molar refractivity (Wildman–Crippen MR) is 85.2 cm³/mol. The first kappa shape index (κ1) is 14.7. The van der Waals surface area contributed by atoms with Crippen molar-refractivity contribution in [3.05, 3.63) is 40.1 Å². The minimum absolute atomic E-state index is 0.0448. The number of para-hydroxylation sites is 1. The molecule has 116 valence electrons. The summed E-state index contributed by atoms with van der Waals surface area (Å²) >= 11 is 0. The molecule has 1 aromatic heterocycles. The van der Waals surface area contributed by atoms with Crippen molar-refractivity contribution in [2.24, 2.45) is 0 Å². The third kappa shape index (κ3) is 3.01. The number of nitro groups is 1. The van der Waals surface area contributed by atoms with Gasteiger partial charge in [0.2, 0.25) is 0 Å². The number of nitro benzene ring substituents is 1. The highest BCUT2D eigenvalue weighted by Gasteiger charge is 2.17. The molecule has 1 unspecified atom stereocenters. The zero-order valence-electron chi connectivity index (χ0n) is 12.5. The second-order valence-electron chi connectivity index (χ2n) is 5.59. The van der Waals surface area contributed by atoms with E-state index in [1.54, 1.807) is 6.07 Å². The molecule has 0 aliphatic carbocycles. The summed E-state index contributed by atoms with van der Waals surface area (Å²) in [6.07, 6.45) is 3.52. The Morgan fingerprint density at radius 2 is 2.36 bits per heavy atom. The van der Waals surface area contributed by atoms with E-state index in [0.717, 1.165) is 49.2 Å². The lowest BCUT2D eigenvalue weighted by Crippen LogP contribution is -2.12. The van der Waals surface area contributed by atoms with Gasteiger partial charge in [0.05, 0.1) is 11.0 Å². The first-order chi connectivity index (χ1) is 10.6. The average molecular weight is 301 g/mol. The van der Waals surface area contributed by atoms with E-state index in [1.807, 2.05) is 19.1 Å². The van der Waals surface area contributed by atoms with Gasteiger partial charge in [0.25, 0.3) is 5.69 Å². The van der Waals surface area contributed by atoms with E-state index >= 15 is 0 Å². The van der Waals surface area contributed by atoms with E-state index in [0.29, 0.717) is 11.6 Å². The minimum atomic E-state index is -0.384. The molecule has 1 aromatic carbocycles. The highest BCUT2D eigenvalue weighted by Crippen LogP contribution is 2.30. The fourth-order valence-electron chi connectivity index (χ4n) is 2.89. The van der Waals surface area contributed by atoms with E-state index in [2.05, 4.69) is 10.3 Å². The maximum Gasteiger partial charge on any atom is 0.295 e. The van der Waals surface area contributed by atoms with Crippen LogP contribution in [0.1, 0.15) is 25.0 Å². The van der Waals surface area contributed by atoms with Gasteiger partial charge < -0.3 is 10.1 Å². The van der Waals surface area contributed by atoms with Crippen LogP contribution in [0.4, 0.5) is 11.4 Å². The van der Waals surface area contributed by atoms with Crippen LogP contribution in [0.25, 0.3) is 10.9 Å². The second-order valence-corrected chi connectivity index (χ2v) is 5.59. The van der Waals surface area contributed by atoms with Gasteiger partial charge in [-0.05, 0) is 32.3 Å². The molecule has 3 rings (SSSR count). The number of fused-ring (bicyclic) bond motifs is 1. The van der Waals surface area contributed by atoms with Gasteiger partial charge in [0.15, 0.2) is 5.52 Å². The van der Waals surface area contributed by atoms with Crippen LogP contribution in [0.2, 0.25) is 0 Å². The Hall–Kier alpha value is -2.21. The summed E-state index contributed by atoms with van der Waals surface area (Å²) in [4.78, 5) is 15.1. The Bertz CT molecular complexity index is 696. The number of non-ortho nitro benzene ring substituents is 1. The topological polar surface area (TPSA) is 77.3 Å². The smallest absolute Gasteiger partial charge is 0.295 e. The van der Waals surface area contributed by atoms with Crippen molar-refractivity contribution in [1.82, 2.24) is 4.98 Å². The maximum atomic E-state index is 11.2. The summed E-state index contributed by atoms with van der Waals surface area (Å²) in [6, 6.07) is 6.98. The number of aryl methyl sites for hydroxylation is 1. The fourth-order valence-corrected chi connectivity index (χ4v) is 2.89. The highest BCUT2D eigenvalue weighted by molar-refractivity contribution is 5.96. The third-order valence-corrected chi connectivity index (χ3v) is 3.95. The van der Waals surface area contributed by atoms with Crippen LogP contribution in [0.3, 0.4) is 0 Å². The maximum absolute atomic E-state index is 11.2. The molecule has 2 aromatic rings. The molecule has 0 bridgehead atoms. The van der Waals surface area contributed by atoms with Crippen molar-refractivity contribution in [1.29, 1.82) is 0 Å². The number of aromatic nitrogens is 1. The van der Waals surface area contributed by atoms with Gasteiger partial charge in [-0.25, -0.2) is 4.98 Å². The fraction of sp³-hybridized carbons (Fsp3) is 0.438. The van der Waals surface area contributed by atoms with Crippen molar-refractivity contribution in [2.75, 3.05) is 18.5 Å². The molecule has 1 N–H and O–H groups in total. The number of anilines is 1. The van der Waals surface area contributed by atoms with Crippen LogP contribution in [0, 0.1) is 17.0 Å². The molecule has 6 heteroatoms. The summed E-state index contributed by atoms with van der Waals surface area (Å²) in [7, 11) is 0. The van der Waals surface area contributed by atoms with Crippen LogP contribution in [0.5, 0.6) is 0 Å². The van der Waals surface area contributed by atoms with Crippen LogP contribution >= 0.6 is 0 Å². The van der Waals surface area contributed by atoms with Gasteiger partial charge in [-0.1, -0.05) is 12.1 Å². The van der Waals surface area contributed by atoms with Crippen LogP contribution in [-0.4, -0.2) is 29.2 Å². The van der Waals surface area contributed by atoms with E-state index in [4.69, 9.17) is 4.74 Å². The summed E-state index contributed by atoms with van der Waals surface area (Å²) in [6.45, 7) is 3.49. The van der Waals surface area contributed by atoms with Crippen LogP contribution in [0.15, 0.2) is 24.3 Å². The number of benzene rings is 1. The van der Waals surface area contributed by atoms with Gasteiger partial charge in [-0.15, -0.1) is 0 Å². The minimum Gasteiger partial charge on any atom is -0.384 e. The number of nitrogens with zero attached hydrogens (tertiary/aromatic N) is 2. The van der Waals surface area contributed by atoms with Crippen molar-refractivity contribution in [3.63, 3.8) is 0 Å². The molecule has 1 aliphatic rings. The molecular weight excluding hydrogens is 282 g/mol. The van der Waals surface area contributed by atoms with Gasteiger partial charge in [0, 0.05) is 36.0 Å². The van der Waals surface area contributed by atoms with E-state index in [9.17, 15) is 10.1 Å². The lowest BCUT2D eigenvalue weighted by atomic mass is 10.1. The Morgan fingerprint density at radius 1 is 1.50 bits per heavy atom. The summed E-state index contributed by atoms with van der Waals surface area (Å²) in [5.41, 5.74) is 2.14. The molecule has 0 saturated carbocycles. The second kappa shape index (κ2) is 6.27. The zero-order valence-corrected chi connectivity index (χ0v) is 12.5. The Labute approximate surface area is 128 Å². The van der Waals surface area contributed by atoms with E-state index in [-0.39, 0.29) is 10.6 Å². The number of rotatable bonds is 5. The Kier molecular flexibility index (Phi) is 4.20. The van der Waals surface area contributed by atoms with Crippen molar-refractivity contribution in [3.8, 4) is 0 Å². The number of pyridine rings is 1. The number of hydrogen-bond donors (Lipinski definition) is 1. The van der Waals surface area contributed by atoms with Crippen LogP contribution < -0.4 is 5.32 Å². The quantitative estimate of drug-likeness (QED) is 0.676. The lowest BCUT2D eigenvalue weighted by molar-refractivity contribution is -0.383.